The lowest BCUT2D eigenvalue weighted by Gasteiger charge is -2.26. The average Bonchev–Trinajstić information content (AvgIpc) is 2.80. The van der Waals surface area contributed by atoms with Gasteiger partial charge in [-0.2, -0.15) is 4.98 Å². The topological polar surface area (TPSA) is 142 Å². The molecule has 0 spiro atoms. The Bertz CT molecular complexity index is 1630. The number of nitrogens with one attached hydrogen (secondary N) is 1. The van der Waals surface area contributed by atoms with Gasteiger partial charge in [-0.3, -0.25) is 14.3 Å². The number of primary sulfonamides is 1. The first-order valence-electron chi connectivity index (χ1n) is 11.5. The van der Waals surface area contributed by atoms with Crippen molar-refractivity contribution < 1.29 is 13.2 Å². The molecule has 186 valence electrons. The van der Waals surface area contributed by atoms with Crippen LogP contribution in [0.1, 0.15) is 11.3 Å². The molecule has 0 unspecified atom stereocenters. The minimum absolute atomic E-state index is 0.0929. The molecular formula is C25H26N6O4S. The summed E-state index contributed by atoms with van der Waals surface area (Å²) in [6.45, 7) is 4.83. The van der Waals surface area contributed by atoms with Crippen molar-refractivity contribution in [3.05, 3.63) is 70.3 Å². The summed E-state index contributed by atoms with van der Waals surface area (Å²) < 4.78 is 30.0. The fourth-order valence-corrected chi connectivity index (χ4v) is 4.62. The van der Waals surface area contributed by atoms with E-state index in [4.69, 9.17) is 9.88 Å². The smallest absolute Gasteiger partial charge is 0.260 e. The van der Waals surface area contributed by atoms with Crippen molar-refractivity contribution in [2.75, 3.05) is 24.3 Å². The summed E-state index contributed by atoms with van der Waals surface area (Å²) in [5.74, 6) is -0.0514. The van der Waals surface area contributed by atoms with Crippen molar-refractivity contribution in [2.45, 2.75) is 26.4 Å². The number of rotatable bonds is 7. The van der Waals surface area contributed by atoms with E-state index >= 15 is 0 Å². The predicted molar refractivity (Wildman–Crippen MR) is 138 cm³/mol. The number of fused-ring (bicyclic) bond motifs is 1. The lowest BCUT2D eigenvalue weighted by atomic mass is 9.97. The molecule has 0 amide bonds. The van der Waals surface area contributed by atoms with Crippen molar-refractivity contribution in [1.82, 2.24) is 19.5 Å². The molecule has 1 aliphatic heterocycles. The fraction of sp³-hybridized carbons (Fsp3) is 0.280. The van der Waals surface area contributed by atoms with E-state index in [1.807, 2.05) is 50.2 Å². The van der Waals surface area contributed by atoms with Gasteiger partial charge >= 0.3 is 0 Å². The molecule has 10 nitrogen and oxygen atoms in total. The summed E-state index contributed by atoms with van der Waals surface area (Å²) >= 11 is 0. The molecule has 1 fully saturated rings. The second-order valence-corrected chi connectivity index (χ2v) is 10.7. The molecule has 4 heterocycles. The van der Waals surface area contributed by atoms with Crippen molar-refractivity contribution in [2.24, 2.45) is 5.14 Å². The van der Waals surface area contributed by atoms with Gasteiger partial charge in [0.05, 0.1) is 30.7 Å². The molecule has 36 heavy (non-hydrogen) atoms. The number of sulfonamides is 1. The maximum Gasteiger partial charge on any atom is 0.260 e. The van der Waals surface area contributed by atoms with Gasteiger partial charge in [0.15, 0.2) is 0 Å². The first-order valence-corrected chi connectivity index (χ1v) is 13.2. The van der Waals surface area contributed by atoms with Crippen LogP contribution in [0.4, 0.5) is 5.95 Å². The van der Waals surface area contributed by atoms with Crippen LogP contribution in [-0.2, 0) is 21.3 Å². The summed E-state index contributed by atoms with van der Waals surface area (Å²) in [6, 6.07) is 13.5. The molecule has 0 radical (unpaired) electrons. The third kappa shape index (κ3) is 4.99. The van der Waals surface area contributed by atoms with Gasteiger partial charge in [-0.15, -0.1) is 0 Å². The van der Waals surface area contributed by atoms with Crippen LogP contribution in [0.2, 0.25) is 0 Å². The molecule has 0 bridgehead atoms. The van der Waals surface area contributed by atoms with E-state index in [9.17, 15) is 13.2 Å². The van der Waals surface area contributed by atoms with Crippen molar-refractivity contribution in [1.29, 1.82) is 0 Å². The van der Waals surface area contributed by atoms with Crippen LogP contribution in [0.5, 0.6) is 0 Å². The lowest BCUT2D eigenvalue weighted by Crippen LogP contribution is -2.40. The molecule has 5 rings (SSSR count). The fourth-order valence-electron chi connectivity index (χ4n) is 4.18. The Morgan fingerprint density at radius 2 is 1.92 bits per heavy atom. The molecule has 11 heteroatoms. The lowest BCUT2D eigenvalue weighted by molar-refractivity contribution is 0.0208. The maximum atomic E-state index is 13.7. The minimum atomic E-state index is -3.80. The van der Waals surface area contributed by atoms with Gasteiger partial charge in [0.1, 0.15) is 5.65 Å². The number of hydrogen-bond acceptors (Lipinski definition) is 8. The summed E-state index contributed by atoms with van der Waals surface area (Å²) in [4.78, 5) is 27.2. The molecular weight excluding hydrogens is 480 g/mol. The third-order valence-corrected chi connectivity index (χ3v) is 6.85. The molecule has 1 aliphatic rings. The standard InChI is InChI=1S/C25H26N6O4S/c1-15-10-17(22-5-3-4-16(2)28-22)6-7-20(15)21-11-18-12-27-25(29-19-13-35-14-19)30-23(18)31(24(21)32)8-9-36(26,33)34/h3-7,10-12,19H,8-9,13-14H2,1-2H3,(H2,26,33,34)(H,27,29,30). The van der Waals surface area contributed by atoms with Crippen LogP contribution in [-0.4, -0.2) is 52.9 Å². The number of nitrogens with zero attached hydrogens (tertiary/aromatic N) is 4. The largest absolute Gasteiger partial charge is 0.377 e. The van der Waals surface area contributed by atoms with E-state index in [2.05, 4.69) is 20.3 Å². The highest BCUT2D eigenvalue weighted by Crippen LogP contribution is 2.28. The number of pyridine rings is 2. The van der Waals surface area contributed by atoms with Gasteiger partial charge in [-0.1, -0.05) is 18.2 Å². The molecule has 1 saturated heterocycles. The summed E-state index contributed by atoms with van der Waals surface area (Å²) in [6.07, 6.45) is 1.63. The van der Waals surface area contributed by atoms with Gasteiger partial charge < -0.3 is 10.1 Å². The minimum Gasteiger partial charge on any atom is -0.377 e. The van der Waals surface area contributed by atoms with E-state index in [0.29, 0.717) is 35.8 Å². The van der Waals surface area contributed by atoms with E-state index < -0.39 is 15.8 Å². The quantitative estimate of drug-likeness (QED) is 0.389. The number of aromatic nitrogens is 4. The van der Waals surface area contributed by atoms with Crippen LogP contribution in [0.15, 0.2) is 53.5 Å². The Morgan fingerprint density at radius 3 is 2.58 bits per heavy atom. The zero-order valence-corrected chi connectivity index (χ0v) is 20.7. The number of ether oxygens (including phenoxy) is 1. The van der Waals surface area contributed by atoms with Gasteiger partial charge in [0.25, 0.3) is 5.56 Å². The average molecular weight is 507 g/mol. The number of nitrogens with two attached hydrogens (primary N) is 1. The highest BCUT2D eigenvalue weighted by Gasteiger charge is 2.21. The van der Waals surface area contributed by atoms with Gasteiger partial charge in [-0.25, -0.2) is 18.5 Å². The number of hydrogen-bond donors (Lipinski definition) is 2. The highest BCUT2D eigenvalue weighted by atomic mass is 32.2. The monoisotopic (exact) mass is 506 g/mol. The van der Waals surface area contributed by atoms with E-state index in [1.165, 1.54) is 4.57 Å². The second kappa shape index (κ2) is 9.41. The molecule has 0 saturated carbocycles. The van der Waals surface area contributed by atoms with Gasteiger partial charge in [-0.05, 0) is 49.2 Å². The molecule has 0 aliphatic carbocycles. The van der Waals surface area contributed by atoms with Crippen LogP contribution in [0, 0.1) is 13.8 Å². The van der Waals surface area contributed by atoms with Crippen LogP contribution < -0.4 is 16.0 Å². The van der Waals surface area contributed by atoms with Gasteiger partial charge in [0, 0.05) is 34.9 Å². The summed E-state index contributed by atoms with van der Waals surface area (Å²) in [7, 11) is -3.80. The maximum absolute atomic E-state index is 13.7. The zero-order valence-electron chi connectivity index (χ0n) is 19.9. The SMILES string of the molecule is Cc1cccc(-c2ccc(-c3cc4cnc(NC5COC5)nc4n(CCS(N)(=O)=O)c3=O)c(C)c2)n1. The highest BCUT2D eigenvalue weighted by molar-refractivity contribution is 7.89. The number of benzene rings is 1. The Labute approximate surface area is 208 Å². The number of anilines is 1. The Morgan fingerprint density at radius 1 is 1.11 bits per heavy atom. The van der Waals surface area contributed by atoms with E-state index in [0.717, 1.165) is 28.1 Å². The molecule has 1 aromatic carbocycles. The van der Waals surface area contributed by atoms with Gasteiger partial charge in [0.2, 0.25) is 16.0 Å². The Hall–Kier alpha value is -3.67. The zero-order chi connectivity index (χ0) is 25.4. The summed E-state index contributed by atoms with van der Waals surface area (Å²) in [5.41, 5.74) is 4.73. The molecule has 4 aromatic rings. The van der Waals surface area contributed by atoms with Crippen molar-refractivity contribution in [3.63, 3.8) is 0 Å². The van der Waals surface area contributed by atoms with Crippen LogP contribution >= 0.6 is 0 Å². The normalized spacial score (nSPS) is 14.1. The Kier molecular flexibility index (Phi) is 6.29. The number of aryl methyl sites for hydroxylation is 3. The van der Waals surface area contributed by atoms with E-state index in [-0.39, 0.29) is 18.1 Å². The third-order valence-electron chi connectivity index (χ3n) is 6.10. The van der Waals surface area contributed by atoms with Crippen molar-refractivity contribution in [3.8, 4) is 22.4 Å². The molecule has 3 aromatic heterocycles. The summed E-state index contributed by atoms with van der Waals surface area (Å²) in [5, 5.41) is 9.02. The van der Waals surface area contributed by atoms with Crippen LogP contribution in [0.3, 0.4) is 0 Å². The second-order valence-electron chi connectivity index (χ2n) is 8.93. The molecule has 3 N–H and O–H groups in total. The molecule has 0 atom stereocenters. The predicted octanol–water partition coefficient (Wildman–Crippen LogP) is 2.24. The van der Waals surface area contributed by atoms with Crippen LogP contribution in [0.25, 0.3) is 33.4 Å². The van der Waals surface area contributed by atoms with Crippen molar-refractivity contribution >= 4 is 27.0 Å². The first kappa shape index (κ1) is 24.0. The van der Waals surface area contributed by atoms with E-state index in [1.54, 1.807) is 12.3 Å². The Balaban J connectivity index is 1.61. The first-order chi connectivity index (χ1) is 17.2.